The highest BCUT2D eigenvalue weighted by molar-refractivity contribution is 7.08. The number of anilines is 1. The molecular formula is C18H22N6OS. The Morgan fingerprint density at radius 3 is 2.88 bits per heavy atom. The molecule has 4 heterocycles. The van der Waals surface area contributed by atoms with Crippen molar-refractivity contribution in [1.82, 2.24) is 24.6 Å². The first-order valence-corrected chi connectivity index (χ1v) is 9.67. The van der Waals surface area contributed by atoms with Crippen LogP contribution >= 0.6 is 11.3 Å². The molecule has 0 unspecified atom stereocenters. The number of rotatable bonds is 6. The number of aromatic nitrogens is 4. The van der Waals surface area contributed by atoms with Crippen molar-refractivity contribution in [3.05, 3.63) is 35.3 Å². The Balaban J connectivity index is 1.54. The molecule has 8 heteroatoms. The molecule has 1 saturated heterocycles. The Labute approximate surface area is 156 Å². The summed E-state index contributed by atoms with van der Waals surface area (Å²) in [5.41, 5.74) is 4.02. The number of nitrogens with zero attached hydrogens (tertiary/aromatic N) is 5. The van der Waals surface area contributed by atoms with Gasteiger partial charge in [-0.15, -0.1) is 0 Å². The predicted octanol–water partition coefficient (Wildman–Crippen LogP) is 2.35. The minimum atomic E-state index is 0.647. The fraction of sp³-hybridized carbons (Fsp3) is 0.389. The fourth-order valence-corrected chi connectivity index (χ4v) is 3.70. The van der Waals surface area contributed by atoms with Gasteiger partial charge in [-0.25, -0.2) is 9.97 Å². The van der Waals surface area contributed by atoms with Crippen LogP contribution in [0.1, 0.15) is 0 Å². The quantitative estimate of drug-likeness (QED) is 0.718. The van der Waals surface area contributed by atoms with Crippen molar-refractivity contribution in [2.45, 2.75) is 0 Å². The lowest BCUT2D eigenvalue weighted by atomic mass is 10.1. The molecular weight excluding hydrogens is 348 g/mol. The van der Waals surface area contributed by atoms with Crippen molar-refractivity contribution in [1.29, 1.82) is 0 Å². The van der Waals surface area contributed by atoms with Gasteiger partial charge in [-0.2, -0.15) is 16.4 Å². The van der Waals surface area contributed by atoms with Crippen LogP contribution in [0.25, 0.3) is 22.5 Å². The molecule has 0 saturated carbocycles. The van der Waals surface area contributed by atoms with E-state index in [1.54, 1.807) is 17.5 Å². The molecule has 0 amide bonds. The molecule has 3 aromatic heterocycles. The van der Waals surface area contributed by atoms with Crippen molar-refractivity contribution >= 4 is 17.3 Å². The number of morpholine rings is 1. The molecule has 0 radical (unpaired) electrons. The lowest BCUT2D eigenvalue weighted by Crippen LogP contribution is -2.39. The van der Waals surface area contributed by atoms with E-state index in [0.29, 0.717) is 5.95 Å². The SMILES string of the molecule is Cn1nccc1-c1nc(NCCN2CCOCC2)ncc1-c1ccsc1. The van der Waals surface area contributed by atoms with Gasteiger partial charge >= 0.3 is 0 Å². The van der Waals surface area contributed by atoms with Gasteiger partial charge in [0.1, 0.15) is 5.69 Å². The van der Waals surface area contributed by atoms with Gasteiger partial charge in [0.25, 0.3) is 0 Å². The van der Waals surface area contributed by atoms with Crippen molar-refractivity contribution < 1.29 is 4.74 Å². The first kappa shape index (κ1) is 17.1. The maximum Gasteiger partial charge on any atom is 0.223 e. The predicted molar refractivity (Wildman–Crippen MR) is 103 cm³/mol. The summed E-state index contributed by atoms with van der Waals surface area (Å²) in [7, 11) is 1.93. The van der Waals surface area contributed by atoms with Gasteiger partial charge in [0.15, 0.2) is 0 Å². The van der Waals surface area contributed by atoms with E-state index in [9.17, 15) is 0 Å². The summed E-state index contributed by atoms with van der Waals surface area (Å²) in [4.78, 5) is 11.7. The molecule has 4 rings (SSSR count). The van der Waals surface area contributed by atoms with Gasteiger partial charge in [-0.05, 0) is 28.5 Å². The van der Waals surface area contributed by atoms with Crippen LogP contribution < -0.4 is 5.32 Å². The van der Waals surface area contributed by atoms with Gasteiger partial charge in [0.05, 0.1) is 18.9 Å². The normalized spacial score (nSPS) is 15.3. The van der Waals surface area contributed by atoms with Crippen LogP contribution in [0.5, 0.6) is 0 Å². The molecule has 1 aliphatic heterocycles. The number of ether oxygens (including phenoxy) is 1. The van der Waals surface area contributed by atoms with E-state index in [-0.39, 0.29) is 0 Å². The second kappa shape index (κ2) is 7.94. The Kier molecular flexibility index (Phi) is 5.24. The molecule has 3 aromatic rings. The van der Waals surface area contributed by atoms with E-state index < -0.39 is 0 Å². The Morgan fingerprint density at radius 1 is 1.27 bits per heavy atom. The van der Waals surface area contributed by atoms with Crippen LogP contribution in [0.4, 0.5) is 5.95 Å². The van der Waals surface area contributed by atoms with E-state index in [1.807, 2.05) is 24.0 Å². The van der Waals surface area contributed by atoms with Crippen molar-refractivity contribution in [3.63, 3.8) is 0 Å². The molecule has 0 spiro atoms. The van der Waals surface area contributed by atoms with Crippen LogP contribution in [0.2, 0.25) is 0 Å². The molecule has 0 bridgehead atoms. The Bertz CT molecular complexity index is 841. The zero-order valence-corrected chi connectivity index (χ0v) is 15.6. The highest BCUT2D eigenvalue weighted by atomic mass is 32.1. The van der Waals surface area contributed by atoms with E-state index in [0.717, 1.165) is 61.9 Å². The summed E-state index contributed by atoms with van der Waals surface area (Å²) >= 11 is 1.67. The van der Waals surface area contributed by atoms with E-state index in [1.165, 1.54) is 0 Å². The van der Waals surface area contributed by atoms with Gasteiger partial charge < -0.3 is 10.1 Å². The van der Waals surface area contributed by atoms with Gasteiger partial charge in [0.2, 0.25) is 5.95 Å². The second-order valence-electron chi connectivity index (χ2n) is 6.19. The lowest BCUT2D eigenvalue weighted by Gasteiger charge is -2.26. The smallest absolute Gasteiger partial charge is 0.223 e. The highest BCUT2D eigenvalue weighted by Gasteiger charge is 2.15. The van der Waals surface area contributed by atoms with Crippen molar-refractivity contribution in [2.75, 3.05) is 44.7 Å². The summed E-state index contributed by atoms with van der Waals surface area (Å²) < 4.78 is 7.23. The number of hydrogen-bond donors (Lipinski definition) is 1. The first-order valence-electron chi connectivity index (χ1n) is 8.73. The number of thiophene rings is 1. The highest BCUT2D eigenvalue weighted by Crippen LogP contribution is 2.31. The molecule has 1 fully saturated rings. The largest absolute Gasteiger partial charge is 0.379 e. The topological polar surface area (TPSA) is 68.1 Å². The summed E-state index contributed by atoms with van der Waals surface area (Å²) in [6.45, 7) is 5.37. The summed E-state index contributed by atoms with van der Waals surface area (Å²) in [6.07, 6.45) is 3.69. The summed E-state index contributed by atoms with van der Waals surface area (Å²) in [5.74, 6) is 0.647. The lowest BCUT2D eigenvalue weighted by molar-refractivity contribution is 0.0398. The molecule has 136 valence electrons. The minimum absolute atomic E-state index is 0.647. The molecule has 0 aromatic carbocycles. The van der Waals surface area contributed by atoms with Crippen LogP contribution in [0.3, 0.4) is 0 Å². The maximum atomic E-state index is 5.39. The second-order valence-corrected chi connectivity index (χ2v) is 6.97. The van der Waals surface area contributed by atoms with Crippen LogP contribution in [-0.2, 0) is 11.8 Å². The average molecular weight is 370 g/mol. The number of hydrogen-bond acceptors (Lipinski definition) is 7. The van der Waals surface area contributed by atoms with E-state index in [2.05, 4.69) is 37.1 Å². The van der Waals surface area contributed by atoms with Gasteiger partial charge in [0, 0.05) is 51.2 Å². The molecule has 0 atom stereocenters. The zero-order valence-electron chi connectivity index (χ0n) is 14.8. The van der Waals surface area contributed by atoms with Crippen LogP contribution in [0, 0.1) is 0 Å². The Hall–Kier alpha value is -2.29. The molecule has 1 N–H and O–H groups in total. The third-order valence-corrected chi connectivity index (χ3v) is 5.18. The molecule has 7 nitrogen and oxygen atoms in total. The average Bonchev–Trinajstić information content (AvgIpc) is 3.34. The number of aryl methyl sites for hydroxylation is 1. The third-order valence-electron chi connectivity index (χ3n) is 4.50. The van der Waals surface area contributed by atoms with Gasteiger partial charge in [-0.1, -0.05) is 0 Å². The molecule has 26 heavy (non-hydrogen) atoms. The Morgan fingerprint density at radius 2 is 2.15 bits per heavy atom. The summed E-state index contributed by atoms with van der Waals surface area (Å²) in [6, 6.07) is 4.07. The van der Waals surface area contributed by atoms with Crippen molar-refractivity contribution in [2.24, 2.45) is 7.05 Å². The summed E-state index contributed by atoms with van der Waals surface area (Å²) in [5, 5.41) is 11.8. The fourth-order valence-electron chi connectivity index (χ4n) is 3.05. The van der Waals surface area contributed by atoms with Gasteiger partial charge in [-0.3, -0.25) is 9.58 Å². The third kappa shape index (κ3) is 3.77. The molecule has 1 aliphatic rings. The van der Waals surface area contributed by atoms with Crippen LogP contribution in [0.15, 0.2) is 35.3 Å². The van der Waals surface area contributed by atoms with Crippen molar-refractivity contribution in [3.8, 4) is 22.5 Å². The van der Waals surface area contributed by atoms with E-state index in [4.69, 9.17) is 9.72 Å². The minimum Gasteiger partial charge on any atom is -0.379 e. The standard InChI is InChI=1S/C18H22N6OS/c1-23-16(2-4-21-23)17-15(14-3-11-26-13-14)12-20-18(22-17)19-5-6-24-7-9-25-10-8-24/h2-4,11-13H,5-10H2,1H3,(H,19,20,22). The monoisotopic (exact) mass is 370 g/mol. The zero-order chi connectivity index (χ0) is 17.8. The molecule has 0 aliphatic carbocycles. The number of nitrogens with one attached hydrogen (secondary N) is 1. The van der Waals surface area contributed by atoms with Crippen LogP contribution in [-0.4, -0.2) is 64.0 Å². The first-order chi connectivity index (χ1) is 12.8. The maximum absolute atomic E-state index is 5.39. The van der Waals surface area contributed by atoms with E-state index >= 15 is 0 Å².